The van der Waals surface area contributed by atoms with Crippen molar-refractivity contribution in [1.82, 2.24) is 0 Å². The Morgan fingerprint density at radius 3 is 2.68 bits per heavy atom. The zero-order valence-corrected chi connectivity index (χ0v) is 15.3. The van der Waals surface area contributed by atoms with Crippen LogP contribution in [0.1, 0.15) is 52.9 Å². The molecule has 3 saturated carbocycles. The lowest BCUT2D eigenvalue weighted by atomic mass is 9.46. The third-order valence-electron chi connectivity index (χ3n) is 8.23. The fourth-order valence-electron chi connectivity index (χ4n) is 6.91. The van der Waals surface area contributed by atoms with Gasteiger partial charge in [0.15, 0.2) is 11.6 Å². The van der Waals surface area contributed by atoms with Gasteiger partial charge in [0.2, 0.25) is 0 Å². The number of aliphatic hydroxyl groups excluding tert-OH is 1. The average Bonchev–Trinajstić information content (AvgIpc) is 2.80. The number of allylic oxidation sites excluding steroid dienone is 4. The van der Waals surface area contributed by atoms with Gasteiger partial charge in [0, 0.05) is 16.7 Å². The number of hydrogen-bond donors (Lipinski definition) is 2. The number of Topliss-reactive ketones (excluding diaryl/α,β-unsaturated/α-hetero) is 1. The van der Waals surface area contributed by atoms with Gasteiger partial charge in [0.05, 0.1) is 6.10 Å². The summed E-state index contributed by atoms with van der Waals surface area (Å²) >= 11 is 0. The molecule has 4 heteroatoms. The van der Waals surface area contributed by atoms with Gasteiger partial charge in [-0.05, 0) is 63.0 Å². The molecule has 136 valence electrons. The SMILES string of the molecule is CC(=O)[C@]1(O)CC[C@H]2[C@@H]3CCC4=CC(=O)C=C[C@]4(C)[C@H]3[C@@H](O)C[C@@]21C. The zero-order chi connectivity index (χ0) is 18.2. The second-order valence-corrected chi connectivity index (χ2v) is 9.17. The van der Waals surface area contributed by atoms with E-state index in [0.717, 1.165) is 24.8 Å². The normalized spacial score (nSPS) is 51.4. The maximum Gasteiger partial charge on any atom is 0.178 e. The molecule has 3 fully saturated rings. The number of aliphatic hydroxyl groups is 2. The van der Waals surface area contributed by atoms with Crippen molar-refractivity contribution in [3.63, 3.8) is 0 Å². The van der Waals surface area contributed by atoms with E-state index in [1.54, 1.807) is 12.2 Å². The molecule has 0 heterocycles. The molecule has 0 unspecified atom stereocenters. The van der Waals surface area contributed by atoms with Gasteiger partial charge in [-0.25, -0.2) is 0 Å². The Labute approximate surface area is 149 Å². The van der Waals surface area contributed by atoms with E-state index in [9.17, 15) is 19.8 Å². The van der Waals surface area contributed by atoms with E-state index in [1.807, 2.05) is 13.0 Å². The third kappa shape index (κ3) is 2.01. The van der Waals surface area contributed by atoms with Gasteiger partial charge in [0.25, 0.3) is 0 Å². The molecule has 0 aromatic rings. The number of rotatable bonds is 1. The van der Waals surface area contributed by atoms with Gasteiger partial charge in [-0.2, -0.15) is 0 Å². The number of hydrogen-bond acceptors (Lipinski definition) is 4. The topological polar surface area (TPSA) is 74.6 Å². The summed E-state index contributed by atoms with van der Waals surface area (Å²) in [6.07, 6.45) is 8.32. The van der Waals surface area contributed by atoms with Gasteiger partial charge >= 0.3 is 0 Å². The summed E-state index contributed by atoms with van der Waals surface area (Å²) in [4.78, 5) is 24.0. The van der Waals surface area contributed by atoms with Crippen molar-refractivity contribution in [1.29, 1.82) is 0 Å². The summed E-state index contributed by atoms with van der Waals surface area (Å²) in [5.41, 5.74) is -1.05. The Balaban J connectivity index is 1.76. The van der Waals surface area contributed by atoms with Crippen LogP contribution in [-0.4, -0.2) is 33.5 Å². The number of fused-ring (bicyclic) bond motifs is 5. The Bertz CT molecular complexity index is 707. The van der Waals surface area contributed by atoms with E-state index in [2.05, 4.69) is 6.92 Å². The molecular formula is C21H28O4. The van der Waals surface area contributed by atoms with E-state index < -0.39 is 17.1 Å². The number of ketones is 2. The highest BCUT2D eigenvalue weighted by Gasteiger charge is 2.67. The molecule has 2 N–H and O–H groups in total. The second-order valence-electron chi connectivity index (χ2n) is 9.17. The van der Waals surface area contributed by atoms with E-state index in [1.165, 1.54) is 6.92 Å². The Morgan fingerprint density at radius 1 is 1.28 bits per heavy atom. The first kappa shape index (κ1) is 17.2. The molecule has 0 aromatic carbocycles. The molecule has 0 bridgehead atoms. The molecule has 0 saturated heterocycles. The smallest absolute Gasteiger partial charge is 0.178 e. The summed E-state index contributed by atoms with van der Waals surface area (Å²) in [6, 6.07) is 0. The fraction of sp³-hybridized carbons (Fsp3) is 0.714. The van der Waals surface area contributed by atoms with Crippen LogP contribution < -0.4 is 0 Å². The van der Waals surface area contributed by atoms with Crippen molar-refractivity contribution in [2.24, 2.45) is 28.6 Å². The molecule has 4 nitrogen and oxygen atoms in total. The van der Waals surface area contributed by atoms with E-state index in [4.69, 9.17) is 0 Å². The summed E-state index contributed by atoms with van der Waals surface area (Å²) in [7, 11) is 0. The quantitative estimate of drug-likeness (QED) is 0.767. The van der Waals surface area contributed by atoms with Crippen LogP contribution in [0.25, 0.3) is 0 Å². The van der Waals surface area contributed by atoms with Crippen LogP contribution in [0, 0.1) is 28.6 Å². The van der Waals surface area contributed by atoms with Crippen molar-refractivity contribution in [3.05, 3.63) is 23.8 Å². The van der Waals surface area contributed by atoms with Crippen LogP contribution in [0.15, 0.2) is 23.8 Å². The molecule has 4 rings (SSSR count). The molecule has 0 aliphatic heterocycles. The highest BCUT2D eigenvalue weighted by atomic mass is 16.3. The Hall–Kier alpha value is -1.26. The van der Waals surface area contributed by atoms with Gasteiger partial charge in [-0.3, -0.25) is 9.59 Å². The lowest BCUT2D eigenvalue weighted by molar-refractivity contribution is -0.175. The maximum absolute atomic E-state index is 12.2. The Kier molecular flexibility index (Phi) is 3.53. The summed E-state index contributed by atoms with van der Waals surface area (Å²) in [5, 5.41) is 22.3. The fourth-order valence-corrected chi connectivity index (χ4v) is 6.91. The van der Waals surface area contributed by atoms with Crippen molar-refractivity contribution in [2.45, 2.75) is 64.6 Å². The number of carbonyl (C=O) groups excluding carboxylic acids is 2. The monoisotopic (exact) mass is 344 g/mol. The first-order valence-electron chi connectivity index (χ1n) is 9.49. The minimum atomic E-state index is -1.32. The molecule has 0 aromatic heterocycles. The van der Waals surface area contributed by atoms with Gasteiger partial charge in [0.1, 0.15) is 5.60 Å². The minimum Gasteiger partial charge on any atom is -0.393 e. The number of carbonyl (C=O) groups is 2. The highest BCUT2D eigenvalue weighted by molar-refractivity contribution is 6.01. The van der Waals surface area contributed by atoms with Crippen LogP contribution >= 0.6 is 0 Å². The van der Waals surface area contributed by atoms with E-state index in [0.29, 0.717) is 12.8 Å². The standard InChI is InChI=1S/C21H28O4/c1-12(22)21(25)9-7-16-15-5-4-13-10-14(23)6-8-19(13,2)18(15)17(24)11-20(16,21)3/h6,8,10,15-18,24-25H,4-5,7,9,11H2,1-3H3/t15-,16-,17-,18+,19-,20-,21+/m0/s1. The molecule has 0 radical (unpaired) electrons. The lowest BCUT2D eigenvalue weighted by Crippen LogP contribution is -2.61. The van der Waals surface area contributed by atoms with Gasteiger partial charge in [-0.15, -0.1) is 0 Å². The summed E-state index contributed by atoms with van der Waals surface area (Å²) in [6.45, 7) is 5.61. The molecule has 4 aliphatic rings. The van der Waals surface area contributed by atoms with Gasteiger partial charge < -0.3 is 10.2 Å². The van der Waals surface area contributed by atoms with Crippen LogP contribution in [0.5, 0.6) is 0 Å². The van der Waals surface area contributed by atoms with Crippen molar-refractivity contribution >= 4 is 11.6 Å². The van der Waals surface area contributed by atoms with Crippen LogP contribution in [0.2, 0.25) is 0 Å². The predicted octanol–water partition coefficient (Wildman–Crippen LogP) is 2.59. The van der Waals surface area contributed by atoms with Gasteiger partial charge in [-0.1, -0.05) is 25.5 Å². The molecule has 7 atom stereocenters. The molecular weight excluding hydrogens is 316 g/mol. The van der Waals surface area contributed by atoms with E-state index in [-0.39, 0.29) is 34.7 Å². The molecule has 25 heavy (non-hydrogen) atoms. The summed E-state index contributed by atoms with van der Waals surface area (Å²) < 4.78 is 0. The first-order chi connectivity index (χ1) is 11.6. The van der Waals surface area contributed by atoms with Crippen LogP contribution in [-0.2, 0) is 9.59 Å². The molecule has 0 amide bonds. The third-order valence-corrected chi connectivity index (χ3v) is 8.23. The Morgan fingerprint density at radius 2 is 2.00 bits per heavy atom. The largest absolute Gasteiger partial charge is 0.393 e. The van der Waals surface area contributed by atoms with Crippen molar-refractivity contribution in [2.75, 3.05) is 0 Å². The highest BCUT2D eigenvalue weighted by Crippen LogP contribution is 2.66. The molecule has 0 spiro atoms. The average molecular weight is 344 g/mol. The first-order valence-corrected chi connectivity index (χ1v) is 9.49. The predicted molar refractivity (Wildman–Crippen MR) is 93.6 cm³/mol. The second kappa shape index (κ2) is 5.14. The van der Waals surface area contributed by atoms with Crippen LogP contribution in [0.3, 0.4) is 0 Å². The summed E-state index contributed by atoms with van der Waals surface area (Å²) in [5.74, 6) is 0.410. The van der Waals surface area contributed by atoms with Crippen molar-refractivity contribution in [3.8, 4) is 0 Å². The van der Waals surface area contributed by atoms with Crippen LogP contribution in [0.4, 0.5) is 0 Å². The lowest BCUT2D eigenvalue weighted by Gasteiger charge is -2.59. The zero-order valence-electron chi connectivity index (χ0n) is 15.3. The van der Waals surface area contributed by atoms with Crippen molar-refractivity contribution < 1.29 is 19.8 Å². The minimum absolute atomic E-state index is 0.0351. The molecule has 4 aliphatic carbocycles. The maximum atomic E-state index is 12.2. The van der Waals surface area contributed by atoms with E-state index >= 15 is 0 Å².